The van der Waals surface area contributed by atoms with Crippen LogP contribution in [0.5, 0.6) is 0 Å². The molecule has 0 spiro atoms. The van der Waals surface area contributed by atoms with E-state index in [9.17, 15) is 4.79 Å². The highest BCUT2D eigenvalue weighted by molar-refractivity contribution is 6.30. The van der Waals surface area contributed by atoms with Crippen LogP contribution >= 0.6 is 11.6 Å². The number of hydrogen-bond donors (Lipinski definition) is 2. The van der Waals surface area contributed by atoms with Crippen LogP contribution in [0.15, 0.2) is 24.3 Å². The van der Waals surface area contributed by atoms with Crippen molar-refractivity contribution in [1.82, 2.24) is 5.32 Å². The fraction of sp³-hybridized carbons (Fsp3) is 0.417. The number of carbonyl (C=O) groups is 1. The summed E-state index contributed by atoms with van der Waals surface area (Å²) in [5.41, 5.74) is 6.21. The minimum absolute atomic E-state index is 0.0299. The van der Waals surface area contributed by atoms with Crippen LogP contribution in [-0.2, 0) is 9.53 Å². The van der Waals surface area contributed by atoms with E-state index in [-0.39, 0.29) is 18.6 Å². The van der Waals surface area contributed by atoms with E-state index in [0.717, 1.165) is 5.56 Å². The van der Waals surface area contributed by atoms with Crippen LogP contribution in [0.3, 0.4) is 0 Å². The second-order valence-corrected chi connectivity index (χ2v) is 4.12. The summed E-state index contributed by atoms with van der Waals surface area (Å²) in [6.07, 6.45) is 0. The Morgan fingerprint density at radius 3 is 3.00 bits per heavy atom. The molecule has 1 unspecified atom stereocenters. The largest absolute Gasteiger partial charge is 0.370 e. The average molecular weight is 257 g/mol. The van der Waals surface area contributed by atoms with Gasteiger partial charge in [0.05, 0.1) is 12.6 Å². The van der Waals surface area contributed by atoms with Gasteiger partial charge in [-0.1, -0.05) is 23.7 Å². The van der Waals surface area contributed by atoms with Crippen molar-refractivity contribution in [3.8, 4) is 0 Å². The minimum Gasteiger partial charge on any atom is -0.370 e. The van der Waals surface area contributed by atoms with E-state index in [4.69, 9.17) is 22.1 Å². The van der Waals surface area contributed by atoms with Gasteiger partial charge >= 0.3 is 0 Å². The molecule has 1 aromatic rings. The first-order valence-electron chi connectivity index (χ1n) is 5.46. The lowest BCUT2D eigenvalue weighted by molar-refractivity contribution is -0.126. The van der Waals surface area contributed by atoms with Crippen molar-refractivity contribution in [2.45, 2.75) is 13.0 Å². The zero-order chi connectivity index (χ0) is 12.7. The summed E-state index contributed by atoms with van der Waals surface area (Å²) < 4.78 is 5.04. The highest BCUT2D eigenvalue weighted by atomic mass is 35.5. The van der Waals surface area contributed by atoms with Gasteiger partial charge in [-0.25, -0.2) is 0 Å². The highest BCUT2D eigenvalue weighted by Crippen LogP contribution is 2.16. The Morgan fingerprint density at radius 2 is 2.35 bits per heavy atom. The summed E-state index contributed by atoms with van der Waals surface area (Å²) in [5.74, 6) is -0.161. The van der Waals surface area contributed by atoms with Crippen LogP contribution in [0.2, 0.25) is 5.02 Å². The lowest BCUT2D eigenvalue weighted by atomic mass is 10.1. The molecule has 0 heterocycles. The molecule has 1 amide bonds. The molecule has 1 rings (SSSR count). The maximum atomic E-state index is 11.5. The predicted molar refractivity (Wildman–Crippen MR) is 67.9 cm³/mol. The number of hydrogen-bond acceptors (Lipinski definition) is 3. The van der Waals surface area contributed by atoms with Gasteiger partial charge in [0.2, 0.25) is 5.91 Å². The molecule has 1 atom stereocenters. The van der Waals surface area contributed by atoms with E-state index in [0.29, 0.717) is 18.2 Å². The molecular formula is C12H17ClN2O2. The Labute approximate surface area is 106 Å². The Balaban J connectivity index is 2.43. The van der Waals surface area contributed by atoms with E-state index in [1.165, 1.54) is 0 Å². The van der Waals surface area contributed by atoms with Crippen LogP contribution in [0.4, 0.5) is 0 Å². The van der Waals surface area contributed by atoms with Crippen LogP contribution in [0, 0.1) is 0 Å². The van der Waals surface area contributed by atoms with Crippen molar-refractivity contribution >= 4 is 17.5 Å². The zero-order valence-corrected chi connectivity index (χ0v) is 10.5. The van der Waals surface area contributed by atoms with Gasteiger partial charge < -0.3 is 15.8 Å². The van der Waals surface area contributed by atoms with E-state index in [1.807, 2.05) is 25.1 Å². The van der Waals surface area contributed by atoms with Crippen LogP contribution in [0.1, 0.15) is 18.5 Å². The monoisotopic (exact) mass is 256 g/mol. The fourth-order valence-electron chi connectivity index (χ4n) is 1.39. The summed E-state index contributed by atoms with van der Waals surface area (Å²) >= 11 is 5.88. The molecule has 0 radical (unpaired) electrons. The molecule has 3 N–H and O–H groups in total. The smallest absolute Gasteiger partial charge is 0.246 e. The summed E-state index contributed by atoms with van der Waals surface area (Å²) in [7, 11) is 0. The standard InChI is InChI=1S/C12H17ClN2O2/c1-9(10-3-2-4-11(13)7-10)15-12(16)8-17-6-5-14/h2-4,7,9H,5-6,8,14H2,1H3,(H,15,16). The molecule has 94 valence electrons. The maximum Gasteiger partial charge on any atom is 0.246 e. The zero-order valence-electron chi connectivity index (χ0n) is 9.78. The summed E-state index contributed by atoms with van der Waals surface area (Å²) in [6, 6.07) is 7.29. The molecular weight excluding hydrogens is 240 g/mol. The average Bonchev–Trinajstić information content (AvgIpc) is 2.29. The Hall–Kier alpha value is -1.10. The Bertz CT molecular complexity index is 371. The van der Waals surface area contributed by atoms with Crippen molar-refractivity contribution in [3.05, 3.63) is 34.9 Å². The molecule has 1 aromatic carbocycles. The molecule has 17 heavy (non-hydrogen) atoms. The van der Waals surface area contributed by atoms with Crippen molar-refractivity contribution in [2.75, 3.05) is 19.8 Å². The number of ether oxygens (including phenoxy) is 1. The normalized spacial score (nSPS) is 12.2. The maximum absolute atomic E-state index is 11.5. The van der Waals surface area contributed by atoms with Crippen LogP contribution in [0.25, 0.3) is 0 Å². The molecule has 0 bridgehead atoms. The van der Waals surface area contributed by atoms with Crippen molar-refractivity contribution in [2.24, 2.45) is 5.73 Å². The van der Waals surface area contributed by atoms with Crippen molar-refractivity contribution in [1.29, 1.82) is 0 Å². The number of nitrogens with two attached hydrogens (primary N) is 1. The number of benzene rings is 1. The second-order valence-electron chi connectivity index (χ2n) is 3.69. The van der Waals surface area contributed by atoms with Gasteiger partial charge in [-0.15, -0.1) is 0 Å². The molecule has 0 aliphatic carbocycles. The third kappa shape index (κ3) is 5.17. The first kappa shape index (κ1) is 14.0. The third-order valence-corrected chi connectivity index (χ3v) is 2.46. The summed E-state index contributed by atoms with van der Waals surface area (Å²) in [5, 5.41) is 3.47. The van der Waals surface area contributed by atoms with Gasteiger partial charge in [0.25, 0.3) is 0 Å². The molecule has 4 nitrogen and oxygen atoms in total. The van der Waals surface area contributed by atoms with E-state index < -0.39 is 0 Å². The second kappa shape index (κ2) is 7.27. The third-order valence-electron chi connectivity index (χ3n) is 2.22. The van der Waals surface area contributed by atoms with Gasteiger partial charge in [0.1, 0.15) is 6.61 Å². The fourth-order valence-corrected chi connectivity index (χ4v) is 1.59. The molecule has 5 heteroatoms. The quantitative estimate of drug-likeness (QED) is 0.758. The van der Waals surface area contributed by atoms with Gasteiger partial charge in [-0.05, 0) is 24.6 Å². The van der Waals surface area contributed by atoms with Crippen molar-refractivity contribution < 1.29 is 9.53 Å². The molecule has 0 saturated heterocycles. The number of halogens is 1. The molecule has 0 aliphatic rings. The molecule has 0 aromatic heterocycles. The number of amides is 1. The van der Waals surface area contributed by atoms with E-state index in [1.54, 1.807) is 6.07 Å². The lowest BCUT2D eigenvalue weighted by Gasteiger charge is -2.14. The van der Waals surface area contributed by atoms with Gasteiger partial charge in [0, 0.05) is 11.6 Å². The molecule has 0 saturated carbocycles. The topological polar surface area (TPSA) is 64.3 Å². The number of nitrogens with one attached hydrogen (secondary N) is 1. The number of rotatable bonds is 6. The van der Waals surface area contributed by atoms with Crippen LogP contribution in [-0.4, -0.2) is 25.7 Å². The van der Waals surface area contributed by atoms with E-state index >= 15 is 0 Å². The van der Waals surface area contributed by atoms with Crippen LogP contribution < -0.4 is 11.1 Å². The first-order valence-corrected chi connectivity index (χ1v) is 5.84. The van der Waals surface area contributed by atoms with E-state index in [2.05, 4.69) is 5.32 Å². The minimum atomic E-state index is -0.161. The van der Waals surface area contributed by atoms with Gasteiger partial charge in [0.15, 0.2) is 0 Å². The summed E-state index contributed by atoms with van der Waals surface area (Å²) in [4.78, 5) is 11.5. The predicted octanol–water partition coefficient (Wildman–Crippen LogP) is 1.49. The molecule has 0 aliphatic heterocycles. The SMILES string of the molecule is CC(NC(=O)COCCN)c1cccc(Cl)c1. The van der Waals surface area contributed by atoms with Gasteiger partial charge in [-0.3, -0.25) is 4.79 Å². The Morgan fingerprint density at radius 1 is 1.59 bits per heavy atom. The first-order chi connectivity index (χ1) is 8.13. The lowest BCUT2D eigenvalue weighted by Crippen LogP contribution is -2.30. The molecule has 0 fully saturated rings. The van der Waals surface area contributed by atoms with Gasteiger partial charge in [-0.2, -0.15) is 0 Å². The highest BCUT2D eigenvalue weighted by Gasteiger charge is 2.09. The summed E-state index contributed by atoms with van der Waals surface area (Å²) in [6.45, 7) is 2.73. The van der Waals surface area contributed by atoms with Crippen molar-refractivity contribution in [3.63, 3.8) is 0 Å². The number of carbonyl (C=O) groups excluding carboxylic acids is 1. The Kier molecular flexibility index (Phi) is 5.97.